The average Bonchev–Trinajstić information content (AvgIpc) is 3.26. The van der Waals surface area contributed by atoms with Gasteiger partial charge in [0.15, 0.2) is 5.76 Å². The molecule has 11 nitrogen and oxygen atoms in total. The van der Waals surface area contributed by atoms with E-state index >= 15 is 0 Å². The lowest BCUT2D eigenvalue weighted by Crippen LogP contribution is -2.24. The van der Waals surface area contributed by atoms with Crippen LogP contribution in [0.15, 0.2) is 29.1 Å². The minimum atomic E-state index is -4.09. The van der Waals surface area contributed by atoms with E-state index in [-0.39, 0.29) is 42.2 Å². The molecule has 3 atom stereocenters. The number of nitrogens with zero attached hydrogens (tertiary/aromatic N) is 2. The average molecular weight is 412 g/mol. The van der Waals surface area contributed by atoms with E-state index in [4.69, 9.17) is 14.7 Å². The maximum absolute atomic E-state index is 12.7. The van der Waals surface area contributed by atoms with Crippen molar-refractivity contribution in [2.24, 2.45) is 11.1 Å². The van der Waals surface area contributed by atoms with E-state index in [0.29, 0.717) is 12.8 Å². The highest BCUT2D eigenvalue weighted by atomic mass is 32.2. The van der Waals surface area contributed by atoms with Crippen molar-refractivity contribution in [3.63, 3.8) is 0 Å². The topological polar surface area (TPSA) is 178 Å². The summed E-state index contributed by atoms with van der Waals surface area (Å²) in [5, 5.41) is 27.1. The largest absolute Gasteiger partial charge is 0.455 e. The van der Waals surface area contributed by atoms with E-state index in [1.807, 2.05) is 0 Å². The number of carbonyl (C=O) groups is 1. The van der Waals surface area contributed by atoms with Crippen molar-refractivity contribution >= 4 is 21.9 Å². The first-order valence-electron chi connectivity index (χ1n) is 8.43. The van der Waals surface area contributed by atoms with Crippen LogP contribution in [0.3, 0.4) is 0 Å². The molecule has 0 aliphatic heterocycles. The second kappa shape index (κ2) is 8.32. The van der Waals surface area contributed by atoms with Crippen molar-refractivity contribution in [3.8, 4) is 0 Å². The Hall–Kier alpha value is -2.38. The molecule has 3 rings (SSSR count). The molecule has 2 aromatic heterocycles. The molecule has 12 heteroatoms. The molecule has 0 unspecified atom stereocenters. The number of anilines is 1. The summed E-state index contributed by atoms with van der Waals surface area (Å²) >= 11 is 0. The van der Waals surface area contributed by atoms with Crippen molar-refractivity contribution in [1.82, 2.24) is 9.97 Å². The number of nitrogens with one attached hydrogen (secondary N) is 1. The van der Waals surface area contributed by atoms with Crippen molar-refractivity contribution < 1.29 is 32.0 Å². The molecule has 1 aliphatic rings. The van der Waals surface area contributed by atoms with Gasteiger partial charge in [-0.15, -0.1) is 0 Å². The summed E-state index contributed by atoms with van der Waals surface area (Å²) in [5.41, 5.74) is 0.167. The number of furan rings is 1. The summed E-state index contributed by atoms with van der Waals surface area (Å²) in [4.78, 5) is 20.6. The lowest BCUT2D eigenvalue weighted by Gasteiger charge is -2.15. The minimum Gasteiger partial charge on any atom is -0.455 e. The Bertz CT molecular complexity index is 946. The van der Waals surface area contributed by atoms with Gasteiger partial charge < -0.3 is 19.9 Å². The zero-order valence-corrected chi connectivity index (χ0v) is 15.5. The van der Waals surface area contributed by atoms with E-state index in [1.54, 1.807) is 0 Å². The zero-order valence-electron chi connectivity index (χ0n) is 14.7. The van der Waals surface area contributed by atoms with E-state index in [1.165, 1.54) is 24.7 Å². The molecule has 28 heavy (non-hydrogen) atoms. The van der Waals surface area contributed by atoms with E-state index in [0.717, 1.165) is 0 Å². The first kappa shape index (κ1) is 20.4. The number of carbonyl (C=O) groups excluding carboxylic acids is 1. The number of ketones is 1. The number of nitrogens with two attached hydrogens (primary N) is 1. The fourth-order valence-electron chi connectivity index (χ4n) is 3.10. The zero-order chi connectivity index (χ0) is 20.3. The number of aromatic nitrogens is 2. The quantitative estimate of drug-likeness (QED) is 0.416. The molecule has 0 aromatic carbocycles. The molecule has 0 saturated heterocycles. The number of aliphatic hydroxyl groups is 2. The van der Waals surface area contributed by atoms with E-state index in [2.05, 4.69) is 19.5 Å². The predicted octanol–water partition coefficient (Wildman–Crippen LogP) is -0.436. The highest BCUT2D eigenvalue weighted by Gasteiger charge is 2.34. The van der Waals surface area contributed by atoms with Crippen molar-refractivity contribution in [3.05, 3.63) is 41.7 Å². The smallest absolute Gasteiger partial charge is 0.333 e. The lowest BCUT2D eigenvalue weighted by atomic mass is 10.1. The Kier molecular flexibility index (Phi) is 6.05. The Balaban J connectivity index is 1.71. The van der Waals surface area contributed by atoms with E-state index in [9.17, 15) is 18.3 Å². The molecule has 1 aliphatic carbocycles. The van der Waals surface area contributed by atoms with Crippen LogP contribution in [0.4, 0.5) is 5.82 Å². The lowest BCUT2D eigenvalue weighted by molar-refractivity contribution is 0.100. The first-order chi connectivity index (χ1) is 13.3. The molecular formula is C16H20N4O7S. The molecule has 2 aromatic rings. The van der Waals surface area contributed by atoms with Crippen LogP contribution in [0.25, 0.3) is 0 Å². The van der Waals surface area contributed by atoms with Gasteiger partial charge in [0.1, 0.15) is 24.5 Å². The van der Waals surface area contributed by atoms with E-state index < -0.39 is 28.1 Å². The molecule has 0 amide bonds. The van der Waals surface area contributed by atoms with Crippen LogP contribution < -0.4 is 10.5 Å². The number of rotatable bonds is 8. The molecule has 152 valence electrons. The Morgan fingerprint density at radius 3 is 2.86 bits per heavy atom. The fraction of sp³-hybridized carbons (Fsp3) is 0.438. The van der Waals surface area contributed by atoms with Gasteiger partial charge in [0, 0.05) is 18.2 Å². The molecule has 1 saturated carbocycles. The SMILES string of the molecule is NS(=O)(=O)OC[C@H]1C[C@@H](Nc2ncncc2C(=O)c2ccc(CO)o2)C[C@@H]1O. The van der Waals surface area contributed by atoms with Crippen LogP contribution in [0.2, 0.25) is 0 Å². The predicted molar refractivity (Wildman–Crippen MR) is 95.3 cm³/mol. The van der Waals surface area contributed by atoms with Gasteiger partial charge in [0.05, 0.1) is 18.3 Å². The number of hydrogen-bond donors (Lipinski definition) is 4. The standard InChI is InChI=1S/C16H20N4O7S/c17-28(24,25)26-7-9-3-10(4-13(9)22)20-16-12(5-18-8-19-16)15(23)14-2-1-11(6-21)27-14/h1-2,5,8-10,13,21-22H,3-4,6-7H2,(H2,17,24,25)(H,18,19,20)/t9-,10-,13+/m1/s1. The summed E-state index contributed by atoms with van der Waals surface area (Å²) < 4.78 is 31.7. The van der Waals surface area contributed by atoms with Crippen LogP contribution >= 0.6 is 0 Å². The fourth-order valence-corrected chi connectivity index (χ4v) is 3.47. The molecule has 0 spiro atoms. The van der Waals surface area contributed by atoms with Gasteiger partial charge in [0.2, 0.25) is 5.78 Å². The minimum absolute atomic E-state index is 0.0350. The van der Waals surface area contributed by atoms with Gasteiger partial charge >= 0.3 is 10.3 Å². The molecule has 0 radical (unpaired) electrons. The van der Waals surface area contributed by atoms with Gasteiger partial charge in [-0.1, -0.05) is 0 Å². The van der Waals surface area contributed by atoms with Crippen LogP contribution in [0.5, 0.6) is 0 Å². The monoisotopic (exact) mass is 412 g/mol. The Morgan fingerprint density at radius 2 is 2.18 bits per heavy atom. The molecule has 0 bridgehead atoms. The Labute approximate surface area is 160 Å². The van der Waals surface area contributed by atoms with Crippen LogP contribution in [0, 0.1) is 5.92 Å². The van der Waals surface area contributed by atoms with Gasteiger partial charge in [-0.25, -0.2) is 15.1 Å². The summed E-state index contributed by atoms with van der Waals surface area (Å²) in [7, 11) is -4.09. The summed E-state index contributed by atoms with van der Waals surface area (Å²) in [5.74, 6) is -0.351. The third-order valence-electron chi connectivity index (χ3n) is 4.44. The third-order valence-corrected chi connectivity index (χ3v) is 4.91. The number of hydrogen-bond acceptors (Lipinski definition) is 10. The second-order valence-electron chi connectivity index (χ2n) is 6.46. The van der Waals surface area contributed by atoms with Gasteiger partial charge in [-0.3, -0.25) is 8.98 Å². The van der Waals surface area contributed by atoms with Crippen LogP contribution in [-0.2, 0) is 21.1 Å². The van der Waals surface area contributed by atoms with Crippen molar-refractivity contribution in [2.45, 2.75) is 31.6 Å². The molecule has 2 heterocycles. The van der Waals surface area contributed by atoms with Crippen LogP contribution in [-0.4, -0.2) is 53.1 Å². The Morgan fingerprint density at radius 1 is 1.39 bits per heavy atom. The van der Waals surface area contributed by atoms with Crippen LogP contribution in [0.1, 0.15) is 34.7 Å². The number of aliphatic hydroxyl groups excluding tert-OH is 2. The third kappa shape index (κ3) is 4.91. The molecule has 5 N–H and O–H groups in total. The van der Waals surface area contributed by atoms with Crippen molar-refractivity contribution in [1.29, 1.82) is 0 Å². The normalized spacial score (nSPS) is 22.3. The maximum atomic E-state index is 12.7. The van der Waals surface area contributed by atoms with Gasteiger partial charge in [0.25, 0.3) is 0 Å². The molecular weight excluding hydrogens is 392 g/mol. The highest BCUT2D eigenvalue weighted by Crippen LogP contribution is 2.30. The summed E-state index contributed by atoms with van der Waals surface area (Å²) in [6, 6.07) is 2.67. The van der Waals surface area contributed by atoms with Gasteiger partial charge in [-0.05, 0) is 25.0 Å². The maximum Gasteiger partial charge on any atom is 0.333 e. The highest BCUT2D eigenvalue weighted by molar-refractivity contribution is 7.84. The summed E-state index contributed by atoms with van der Waals surface area (Å²) in [6.07, 6.45) is 2.52. The molecule has 1 fully saturated rings. The first-order valence-corrected chi connectivity index (χ1v) is 9.90. The second-order valence-corrected chi connectivity index (χ2v) is 7.68. The van der Waals surface area contributed by atoms with Crippen molar-refractivity contribution in [2.75, 3.05) is 11.9 Å². The summed E-state index contributed by atoms with van der Waals surface area (Å²) in [6.45, 7) is -0.560. The van der Waals surface area contributed by atoms with Gasteiger partial charge in [-0.2, -0.15) is 8.42 Å².